The standard InChI is InChI=1S/C31H45P3/c1-22(2)33(10,23(3)4)30-19-15-14-18-28(30)32(9)29-20-26-16-12-13-17-27(26)21-31(29)34(11,24(5)6)25(7)8/h12-25H,10-11H2,1-9H3. The van der Waals surface area contributed by atoms with Crippen LogP contribution in [0.5, 0.6) is 0 Å². The Morgan fingerprint density at radius 3 is 1.47 bits per heavy atom. The third-order valence-electron chi connectivity index (χ3n) is 8.03. The molecule has 34 heavy (non-hydrogen) atoms. The van der Waals surface area contributed by atoms with Gasteiger partial charge in [0.25, 0.3) is 0 Å². The number of hydrogen-bond donors (Lipinski definition) is 0. The van der Waals surface area contributed by atoms with Crippen LogP contribution in [0, 0.1) is 13.3 Å². The first-order valence-corrected chi connectivity index (χ1v) is 18.7. The Kier molecular flexibility index (Phi) is 8.73. The first-order chi connectivity index (χ1) is 15.9. The van der Waals surface area contributed by atoms with Gasteiger partial charge in [0.1, 0.15) is 0 Å². The Morgan fingerprint density at radius 2 is 0.971 bits per heavy atom. The van der Waals surface area contributed by atoms with Crippen molar-refractivity contribution < 1.29 is 0 Å². The van der Waals surface area contributed by atoms with Gasteiger partial charge in [-0.25, -0.2) is 0 Å². The van der Waals surface area contributed by atoms with Gasteiger partial charge >= 0.3 is 0 Å². The van der Waals surface area contributed by atoms with Crippen LogP contribution in [0.3, 0.4) is 0 Å². The highest BCUT2D eigenvalue weighted by Gasteiger charge is 2.41. The number of rotatable bonds is 8. The third-order valence-corrected chi connectivity index (χ3v) is 20.5. The van der Waals surface area contributed by atoms with Gasteiger partial charge in [-0.3, -0.25) is 0 Å². The van der Waals surface area contributed by atoms with E-state index < -0.39 is 22.4 Å². The summed E-state index contributed by atoms with van der Waals surface area (Å²) in [4.78, 5) is 0. The van der Waals surface area contributed by atoms with Gasteiger partial charge in [-0.05, 0) is 98.9 Å². The zero-order valence-corrected chi connectivity index (χ0v) is 25.5. The van der Waals surface area contributed by atoms with Crippen LogP contribution in [0.4, 0.5) is 0 Å². The summed E-state index contributed by atoms with van der Waals surface area (Å²) in [6.07, 6.45) is 0. The molecule has 0 heterocycles. The Labute approximate surface area is 212 Å². The van der Waals surface area contributed by atoms with Crippen LogP contribution in [-0.4, -0.2) is 29.3 Å². The van der Waals surface area contributed by atoms with Crippen LogP contribution in [0.1, 0.15) is 55.4 Å². The van der Waals surface area contributed by atoms with Crippen LogP contribution in [0.2, 0.25) is 0 Å². The van der Waals surface area contributed by atoms with Crippen LogP contribution in [0.15, 0.2) is 60.7 Å². The Bertz CT molecular complexity index is 1110. The fourth-order valence-corrected chi connectivity index (χ4v) is 15.4. The normalized spacial score (nSPS) is 14.1. The lowest BCUT2D eigenvalue weighted by molar-refractivity contribution is 1.00. The molecule has 3 aromatic carbocycles. The van der Waals surface area contributed by atoms with Crippen molar-refractivity contribution >= 4 is 54.4 Å². The van der Waals surface area contributed by atoms with E-state index in [1.807, 2.05) is 0 Å². The fourth-order valence-electron chi connectivity index (χ4n) is 5.35. The van der Waals surface area contributed by atoms with E-state index in [9.17, 15) is 0 Å². The monoisotopic (exact) mass is 510 g/mol. The van der Waals surface area contributed by atoms with Crippen LogP contribution < -0.4 is 21.2 Å². The predicted octanol–water partition coefficient (Wildman–Crippen LogP) is 8.40. The molecule has 0 aliphatic heterocycles. The van der Waals surface area contributed by atoms with Crippen LogP contribution in [0.25, 0.3) is 10.8 Å². The molecule has 3 aromatic rings. The average Bonchev–Trinajstić information content (AvgIpc) is 2.81. The topological polar surface area (TPSA) is 0 Å². The second-order valence-electron chi connectivity index (χ2n) is 11.0. The SMILES string of the molecule is [CH2-][P+](c1ccccc1P(C)c1cc2ccccc2cc1[P+]([CH2-])(C(C)C)C(C)C)(C(C)C)C(C)C. The first kappa shape index (κ1) is 27.8. The molecule has 0 spiro atoms. The summed E-state index contributed by atoms with van der Waals surface area (Å²) in [5.41, 5.74) is 2.24. The Morgan fingerprint density at radius 1 is 0.559 bits per heavy atom. The molecule has 3 heteroatoms. The second kappa shape index (κ2) is 10.7. The van der Waals surface area contributed by atoms with E-state index >= 15 is 0 Å². The average molecular weight is 511 g/mol. The maximum Gasteiger partial charge on any atom is 0.0736 e. The predicted molar refractivity (Wildman–Crippen MR) is 167 cm³/mol. The third kappa shape index (κ3) is 4.78. The second-order valence-corrected chi connectivity index (χ2v) is 21.9. The minimum absolute atomic E-state index is 0.538. The van der Waals surface area contributed by atoms with Gasteiger partial charge in [0.05, 0.1) is 10.6 Å². The lowest BCUT2D eigenvalue weighted by Crippen LogP contribution is -2.39. The van der Waals surface area contributed by atoms with Gasteiger partial charge in [0.15, 0.2) is 0 Å². The van der Waals surface area contributed by atoms with E-state index in [1.54, 1.807) is 5.30 Å². The minimum atomic E-state index is -1.62. The summed E-state index contributed by atoms with van der Waals surface area (Å²) < 4.78 is 0. The van der Waals surface area contributed by atoms with Crippen molar-refractivity contribution in [3.05, 3.63) is 74.0 Å². The van der Waals surface area contributed by atoms with E-state index in [2.05, 4.69) is 123 Å². The molecule has 0 amide bonds. The van der Waals surface area contributed by atoms with E-state index in [-0.39, 0.29) is 0 Å². The molecule has 1 atom stereocenters. The van der Waals surface area contributed by atoms with Gasteiger partial charge < -0.3 is 0 Å². The molecule has 0 aliphatic rings. The van der Waals surface area contributed by atoms with E-state index in [1.165, 1.54) is 26.7 Å². The van der Waals surface area contributed by atoms with Crippen molar-refractivity contribution in [1.29, 1.82) is 0 Å². The van der Waals surface area contributed by atoms with Crippen molar-refractivity contribution in [3.8, 4) is 0 Å². The van der Waals surface area contributed by atoms with E-state index in [0.29, 0.717) is 22.6 Å². The Hall–Kier alpha value is -0.790. The van der Waals surface area contributed by atoms with Crippen molar-refractivity contribution in [2.24, 2.45) is 0 Å². The molecule has 0 N–H and O–H groups in total. The van der Waals surface area contributed by atoms with Crippen molar-refractivity contribution in [1.82, 2.24) is 0 Å². The van der Waals surface area contributed by atoms with Gasteiger partial charge in [0, 0.05) is 33.2 Å². The maximum atomic E-state index is 5.03. The van der Waals surface area contributed by atoms with E-state index in [4.69, 9.17) is 13.3 Å². The van der Waals surface area contributed by atoms with E-state index in [0.717, 1.165) is 0 Å². The molecule has 0 saturated heterocycles. The summed E-state index contributed by atoms with van der Waals surface area (Å²) in [6.45, 7) is 31.5. The first-order valence-electron chi connectivity index (χ1n) is 12.7. The molecule has 0 bridgehead atoms. The summed E-state index contributed by atoms with van der Waals surface area (Å²) in [5.74, 6) is 0. The summed E-state index contributed by atoms with van der Waals surface area (Å²) in [5, 5.41) is 8.83. The van der Waals surface area contributed by atoms with Gasteiger partial charge in [-0.2, -0.15) is 13.3 Å². The molecule has 0 radical (unpaired) electrons. The molecule has 1 unspecified atom stereocenters. The maximum absolute atomic E-state index is 5.03. The zero-order chi connectivity index (χ0) is 25.4. The highest BCUT2D eigenvalue weighted by molar-refractivity contribution is 7.89. The molecule has 0 aromatic heterocycles. The lowest BCUT2D eigenvalue weighted by atomic mass is 10.1. The number of benzene rings is 3. The van der Waals surface area contributed by atoms with Gasteiger partial charge in [-0.1, -0.05) is 57.0 Å². The summed E-state index contributed by atoms with van der Waals surface area (Å²) in [6, 6.07) is 23.1. The molecule has 184 valence electrons. The molecule has 0 aliphatic carbocycles. The van der Waals surface area contributed by atoms with Crippen LogP contribution in [-0.2, 0) is 0 Å². The molecule has 0 fully saturated rings. The lowest BCUT2D eigenvalue weighted by Gasteiger charge is -2.42. The molecule has 3 rings (SSSR count). The quantitative estimate of drug-likeness (QED) is 0.211. The minimum Gasteiger partial charge on any atom is -0.174 e. The molecule has 0 nitrogen and oxygen atoms in total. The fraction of sp³-hybridized carbons (Fsp3) is 0.419. The van der Waals surface area contributed by atoms with Crippen molar-refractivity contribution in [2.45, 2.75) is 78.0 Å². The summed E-state index contributed by atoms with van der Waals surface area (Å²) in [7, 11) is -3.71. The highest BCUT2D eigenvalue weighted by atomic mass is 31.2. The molecular weight excluding hydrogens is 465 g/mol. The largest absolute Gasteiger partial charge is 0.174 e. The van der Waals surface area contributed by atoms with Gasteiger partial charge in [0.2, 0.25) is 0 Å². The van der Waals surface area contributed by atoms with Gasteiger partial charge in [-0.15, -0.1) is 0 Å². The number of fused-ring (bicyclic) bond motifs is 1. The Balaban J connectivity index is 2.35. The smallest absolute Gasteiger partial charge is 0.0736 e. The van der Waals surface area contributed by atoms with Crippen LogP contribution >= 0.6 is 22.4 Å². The van der Waals surface area contributed by atoms with Crippen molar-refractivity contribution in [2.75, 3.05) is 6.66 Å². The molecule has 0 saturated carbocycles. The zero-order valence-electron chi connectivity index (χ0n) is 22.8. The highest BCUT2D eigenvalue weighted by Crippen LogP contribution is 2.66. The molecular formula is C31H45P3. The van der Waals surface area contributed by atoms with Crippen molar-refractivity contribution in [3.63, 3.8) is 0 Å². The number of hydrogen-bond acceptors (Lipinski definition) is 0. The summed E-state index contributed by atoms with van der Waals surface area (Å²) >= 11 is 0.